The van der Waals surface area contributed by atoms with E-state index in [2.05, 4.69) is 26.1 Å². The largest absolute Gasteiger partial charge is 0.368 e. The van der Waals surface area contributed by atoms with Crippen LogP contribution in [0.3, 0.4) is 0 Å². The summed E-state index contributed by atoms with van der Waals surface area (Å²) in [5.74, 6) is 1.37. The number of likely N-dealkylation sites (tertiary alicyclic amines) is 1. The van der Waals surface area contributed by atoms with E-state index in [0.29, 0.717) is 17.9 Å². The summed E-state index contributed by atoms with van der Waals surface area (Å²) in [6, 6.07) is 0.348. The predicted octanol–water partition coefficient (Wildman–Crippen LogP) is 1.65. The van der Waals surface area contributed by atoms with Gasteiger partial charge < -0.3 is 15.0 Å². The molecule has 19 heavy (non-hydrogen) atoms. The van der Waals surface area contributed by atoms with Gasteiger partial charge in [0.25, 0.3) is 0 Å². The lowest BCUT2D eigenvalue weighted by Crippen LogP contribution is -2.50. The van der Waals surface area contributed by atoms with Gasteiger partial charge in [-0.05, 0) is 51.1 Å². The molecule has 0 bridgehead atoms. The van der Waals surface area contributed by atoms with E-state index in [1.54, 1.807) is 0 Å². The number of ether oxygens (including phenoxy) is 1. The second-order valence-corrected chi connectivity index (χ2v) is 6.37. The molecule has 0 aliphatic carbocycles. The molecule has 1 N–H and O–H groups in total. The van der Waals surface area contributed by atoms with Crippen molar-refractivity contribution in [3.8, 4) is 0 Å². The minimum atomic E-state index is 0.171. The van der Waals surface area contributed by atoms with Gasteiger partial charge in [0.05, 0.1) is 6.10 Å². The third-order valence-electron chi connectivity index (χ3n) is 4.65. The lowest BCUT2D eigenvalue weighted by molar-refractivity contribution is -0.144. The van der Waals surface area contributed by atoms with Crippen LogP contribution in [0.4, 0.5) is 0 Å². The van der Waals surface area contributed by atoms with Crippen LogP contribution in [0.1, 0.15) is 40.0 Å². The van der Waals surface area contributed by atoms with E-state index in [0.717, 1.165) is 32.5 Å². The summed E-state index contributed by atoms with van der Waals surface area (Å²) in [5.41, 5.74) is 0. The number of carbonyl (C=O) groups is 1. The van der Waals surface area contributed by atoms with Gasteiger partial charge in [-0.25, -0.2) is 0 Å². The zero-order chi connectivity index (χ0) is 13.8. The van der Waals surface area contributed by atoms with Crippen LogP contribution in [0.15, 0.2) is 0 Å². The third kappa shape index (κ3) is 3.93. The summed E-state index contributed by atoms with van der Waals surface area (Å²) in [7, 11) is 0. The third-order valence-corrected chi connectivity index (χ3v) is 4.65. The number of hydrogen-bond acceptors (Lipinski definition) is 3. The zero-order valence-corrected chi connectivity index (χ0v) is 12.5. The minimum Gasteiger partial charge on any atom is -0.368 e. The average Bonchev–Trinajstić information content (AvgIpc) is 2.41. The van der Waals surface area contributed by atoms with Crippen LogP contribution in [0.5, 0.6) is 0 Å². The Bertz CT molecular complexity index is 303. The van der Waals surface area contributed by atoms with Gasteiger partial charge in [0.15, 0.2) is 0 Å². The standard InChI is InChI=1S/C15H28N2O2/c1-11-8-12(2)13(3)17(9-11)15(18)10-19-14-4-6-16-7-5-14/h11-14,16H,4-10H2,1-3H3. The van der Waals surface area contributed by atoms with Gasteiger partial charge in [0.2, 0.25) is 5.91 Å². The maximum absolute atomic E-state index is 12.3. The highest BCUT2D eigenvalue weighted by molar-refractivity contribution is 5.78. The summed E-state index contributed by atoms with van der Waals surface area (Å²) in [6.07, 6.45) is 3.53. The molecular weight excluding hydrogens is 240 g/mol. The quantitative estimate of drug-likeness (QED) is 0.846. The highest BCUT2D eigenvalue weighted by atomic mass is 16.5. The molecule has 2 saturated heterocycles. The molecular formula is C15H28N2O2. The van der Waals surface area contributed by atoms with Crippen LogP contribution < -0.4 is 5.32 Å². The summed E-state index contributed by atoms with van der Waals surface area (Å²) in [5, 5.41) is 3.31. The number of rotatable bonds is 3. The van der Waals surface area contributed by atoms with Crippen LogP contribution in [0.25, 0.3) is 0 Å². The Morgan fingerprint density at radius 1 is 1.26 bits per heavy atom. The normalized spacial score (nSPS) is 33.4. The van der Waals surface area contributed by atoms with Gasteiger partial charge in [-0.2, -0.15) is 0 Å². The monoisotopic (exact) mass is 268 g/mol. The molecule has 0 aromatic rings. The number of nitrogens with one attached hydrogen (secondary N) is 1. The fourth-order valence-electron chi connectivity index (χ4n) is 3.28. The number of nitrogens with zero attached hydrogens (tertiary/aromatic N) is 1. The SMILES string of the molecule is CC1CC(C)C(C)N(C(=O)COC2CCNCC2)C1. The predicted molar refractivity (Wildman–Crippen MR) is 76.0 cm³/mol. The van der Waals surface area contributed by atoms with Crippen molar-refractivity contribution >= 4 is 5.91 Å². The first-order chi connectivity index (χ1) is 9.08. The average molecular weight is 268 g/mol. The van der Waals surface area contributed by atoms with Crippen LogP contribution in [0, 0.1) is 11.8 Å². The van der Waals surface area contributed by atoms with E-state index in [1.165, 1.54) is 6.42 Å². The summed E-state index contributed by atoms with van der Waals surface area (Å²) >= 11 is 0. The van der Waals surface area contributed by atoms with E-state index < -0.39 is 0 Å². The van der Waals surface area contributed by atoms with E-state index in [4.69, 9.17) is 4.74 Å². The lowest BCUT2D eigenvalue weighted by atomic mass is 9.86. The van der Waals surface area contributed by atoms with Crippen molar-refractivity contribution in [1.29, 1.82) is 0 Å². The first-order valence-corrected chi connectivity index (χ1v) is 7.69. The Morgan fingerprint density at radius 2 is 1.95 bits per heavy atom. The molecule has 2 aliphatic rings. The molecule has 1 amide bonds. The number of amides is 1. The zero-order valence-electron chi connectivity index (χ0n) is 12.5. The smallest absolute Gasteiger partial charge is 0.248 e. The molecule has 110 valence electrons. The summed E-state index contributed by atoms with van der Waals surface area (Å²) < 4.78 is 5.79. The van der Waals surface area contributed by atoms with Gasteiger partial charge >= 0.3 is 0 Å². The highest BCUT2D eigenvalue weighted by Crippen LogP contribution is 2.27. The molecule has 4 nitrogen and oxygen atoms in total. The molecule has 2 rings (SSSR count). The molecule has 2 heterocycles. The number of carbonyl (C=O) groups excluding carboxylic acids is 1. The van der Waals surface area contributed by atoms with E-state index >= 15 is 0 Å². The second kappa shape index (κ2) is 6.71. The second-order valence-electron chi connectivity index (χ2n) is 6.37. The van der Waals surface area contributed by atoms with Gasteiger partial charge in [0.1, 0.15) is 6.61 Å². The van der Waals surface area contributed by atoms with Crippen molar-refractivity contribution in [3.05, 3.63) is 0 Å². The Morgan fingerprint density at radius 3 is 2.63 bits per heavy atom. The van der Waals surface area contributed by atoms with Gasteiger partial charge in [0, 0.05) is 12.6 Å². The Balaban J connectivity index is 1.81. The molecule has 0 aromatic heterocycles. The number of piperidine rings is 2. The van der Waals surface area contributed by atoms with Gasteiger partial charge in [-0.15, -0.1) is 0 Å². The van der Waals surface area contributed by atoms with E-state index in [-0.39, 0.29) is 18.6 Å². The molecule has 0 radical (unpaired) electrons. The van der Waals surface area contributed by atoms with Crippen molar-refractivity contribution in [2.24, 2.45) is 11.8 Å². The Kier molecular flexibility index (Phi) is 5.22. The molecule has 0 aromatic carbocycles. The van der Waals surface area contributed by atoms with Gasteiger partial charge in [-0.3, -0.25) is 4.79 Å². The van der Waals surface area contributed by atoms with Crippen LogP contribution in [0.2, 0.25) is 0 Å². The molecule has 4 heteroatoms. The maximum Gasteiger partial charge on any atom is 0.248 e. The van der Waals surface area contributed by atoms with E-state index in [1.807, 2.05) is 4.90 Å². The molecule has 0 spiro atoms. The van der Waals surface area contributed by atoms with Crippen molar-refractivity contribution in [2.75, 3.05) is 26.2 Å². The molecule has 3 atom stereocenters. The lowest BCUT2D eigenvalue weighted by Gasteiger charge is -2.41. The van der Waals surface area contributed by atoms with E-state index in [9.17, 15) is 4.79 Å². The highest BCUT2D eigenvalue weighted by Gasteiger charge is 2.32. The minimum absolute atomic E-state index is 0.171. The van der Waals surface area contributed by atoms with Gasteiger partial charge in [-0.1, -0.05) is 13.8 Å². The molecule has 0 saturated carbocycles. The topological polar surface area (TPSA) is 41.6 Å². The van der Waals surface area contributed by atoms with Crippen molar-refractivity contribution < 1.29 is 9.53 Å². The van der Waals surface area contributed by atoms with Crippen molar-refractivity contribution in [1.82, 2.24) is 10.2 Å². The summed E-state index contributed by atoms with van der Waals surface area (Å²) in [6.45, 7) is 9.80. The molecule has 3 unspecified atom stereocenters. The van der Waals surface area contributed by atoms with Crippen LogP contribution >= 0.6 is 0 Å². The first-order valence-electron chi connectivity index (χ1n) is 7.69. The Labute approximate surface area is 116 Å². The Hall–Kier alpha value is -0.610. The first kappa shape index (κ1) is 14.8. The molecule has 2 aliphatic heterocycles. The fourth-order valence-corrected chi connectivity index (χ4v) is 3.28. The van der Waals surface area contributed by atoms with Crippen LogP contribution in [-0.4, -0.2) is 49.2 Å². The van der Waals surface area contributed by atoms with Crippen LogP contribution in [-0.2, 0) is 9.53 Å². The maximum atomic E-state index is 12.3. The fraction of sp³-hybridized carbons (Fsp3) is 0.933. The summed E-state index contributed by atoms with van der Waals surface area (Å²) in [4.78, 5) is 14.4. The van der Waals surface area contributed by atoms with Crippen molar-refractivity contribution in [2.45, 2.75) is 52.2 Å². The number of hydrogen-bond donors (Lipinski definition) is 1. The molecule has 2 fully saturated rings. The van der Waals surface area contributed by atoms with Crippen molar-refractivity contribution in [3.63, 3.8) is 0 Å².